The van der Waals surface area contributed by atoms with Crippen LogP contribution in [0.25, 0.3) is 34.2 Å². The van der Waals surface area contributed by atoms with E-state index in [9.17, 15) is 13.2 Å². The summed E-state index contributed by atoms with van der Waals surface area (Å²) in [6.45, 7) is -0.236. The standard InChI is InChI=1S/C24H19N3O6S3/c1-32-18-9-5-6-15-12-19(33-22(15)18)21-16(14-27(25-21)17-7-3-2-4-8-17)13-20-23(28)26(24(34)35-20)10-11-36(29,30)31/h2-9,12-14H,10-11H2,1H3,(H,29,30,31). The molecule has 1 amide bonds. The highest BCUT2D eigenvalue weighted by Crippen LogP contribution is 2.37. The molecule has 1 saturated heterocycles. The summed E-state index contributed by atoms with van der Waals surface area (Å²) in [5.74, 6) is 0.0168. The maximum atomic E-state index is 13.0. The summed E-state index contributed by atoms with van der Waals surface area (Å²) in [6.07, 6.45) is 3.43. The molecule has 1 aliphatic heterocycles. The van der Waals surface area contributed by atoms with Gasteiger partial charge in [-0.15, -0.1) is 0 Å². The Kier molecular flexibility index (Phi) is 6.43. The lowest BCUT2D eigenvalue weighted by atomic mass is 10.1. The highest BCUT2D eigenvalue weighted by atomic mass is 32.2. The van der Waals surface area contributed by atoms with Gasteiger partial charge < -0.3 is 9.15 Å². The first-order chi connectivity index (χ1) is 17.2. The van der Waals surface area contributed by atoms with E-state index in [1.165, 1.54) is 0 Å². The minimum Gasteiger partial charge on any atom is -0.493 e. The summed E-state index contributed by atoms with van der Waals surface area (Å²) >= 11 is 6.33. The molecule has 1 N–H and O–H groups in total. The van der Waals surface area contributed by atoms with E-state index in [1.807, 2.05) is 48.5 Å². The summed E-state index contributed by atoms with van der Waals surface area (Å²) in [4.78, 5) is 14.5. The average molecular weight is 542 g/mol. The van der Waals surface area contributed by atoms with Gasteiger partial charge in [0.05, 0.1) is 23.5 Å². The van der Waals surface area contributed by atoms with Gasteiger partial charge in [0.25, 0.3) is 16.0 Å². The maximum absolute atomic E-state index is 13.0. The lowest BCUT2D eigenvalue weighted by molar-refractivity contribution is -0.121. The normalized spacial score (nSPS) is 15.4. The monoisotopic (exact) mass is 541 g/mol. The number of amides is 1. The molecular formula is C24H19N3O6S3. The lowest BCUT2D eigenvalue weighted by Gasteiger charge is -2.12. The Bertz CT molecular complexity index is 1620. The van der Waals surface area contributed by atoms with Crippen molar-refractivity contribution in [1.82, 2.24) is 14.7 Å². The second-order valence-electron chi connectivity index (χ2n) is 7.82. The molecule has 2 aromatic heterocycles. The number of rotatable bonds is 7. The first kappa shape index (κ1) is 24.3. The van der Waals surface area contributed by atoms with Crippen molar-refractivity contribution in [2.45, 2.75) is 0 Å². The van der Waals surface area contributed by atoms with Crippen molar-refractivity contribution in [3.05, 3.63) is 71.3 Å². The van der Waals surface area contributed by atoms with Crippen molar-refractivity contribution in [1.29, 1.82) is 0 Å². The lowest BCUT2D eigenvalue weighted by Crippen LogP contribution is -2.32. The van der Waals surface area contributed by atoms with Crippen molar-refractivity contribution in [3.63, 3.8) is 0 Å². The van der Waals surface area contributed by atoms with Crippen molar-refractivity contribution in [3.8, 4) is 22.9 Å². The topological polar surface area (TPSA) is 115 Å². The number of benzene rings is 2. The van der Waals surface area contributed by atoms with Crippen LogP contribution in [-0.4, -0.2) is 57.3 Å². The van der Waals surface area contributed by atoms with Crippen molar-refractivity contribution in [2.24, 2.45) is 0 Å². The fraction of sp³-hybridized carbons (Fsp3) is 0.125. The second kappa shape index (κ2) is 9.54. The van der Waals surface area contributed by atoms with Crippen LogP contribution in [0.5, 0.6) is 5.75 Å². The van der Waals surface area contributed by atoms with Crippen molar-refractivity contribution < 1.29 is 26.9 Å². The van der Waals surface area contributed by atoms with Gasteiger partial charge in [0.1, 0.15) is 10.0 Å². The SMILES string of the molecule is COc1cccc2cc(-c3nn(-c4ccccc4)cc3C=C3SC(=S)N(CCS(=O)(=O)O)C3=O)oc12. The van der Waals surface area contributed by atoms with E-state index < -0.39 is 21.8 Å². The molecule has 4 aromatic rings. The van der Waals surface area contributed by atoms with Crippen molar-refractivity contribution >= 4 is 61.4 Å². The Morgan fingerprint density at radius 1 is 1.19 bits per heavy atom. The summed E-state index contributed by atoms with van der Waals surface area (Å²) in [5, 5.41) is 5.57. The molecule has 0 unspecified atom stereocenters. The van der Waals surface area contributed by atoms with E-state index in [1.54, 1.807) is 30.1 Å². The molecule has 0 bridgehead atoms. The number of carbonyl (C=O) groups excluding carboxylic acids is 1. The molecule has 0 spiro atoms. The molecule has 3 heterocycles. The number of methoxy groups -OCH3 is 1. The Morgan fingerprint density at radius 3 is 2.69 bits per heavy atom. The number of ether oxygens (including phenoxy) is 1. The molecule has 0 saturated carbocycles. The van der Waals surface area contributed by atoms with Gasteiger partial charge in [-0.1, -0.05) is 54.3 Å². The first-order valence-electron chi connectivity index (χ1n) is 10.7. The predicted molar refractivity (Wildman–Crippen MR) is 142 cm³/mol. The molecule has 1 fully saturated rings. The van der Waals surface area contributed by atoms with Gasteiger partial charge in [-0.05, 0) is 30.3 Å². The molecule has 0 aliphatic carbocycles. The number of hydrogen-bond acceptors (Lipinski definition) is 8. The quantitative estimate of drug-likeness (QED) is 0.207. The Morgan fingerprint density at radius 2 is 1.97 bits per heavy atom. The van der Waals surface area contributed by atoms with E-state index in [0.717, 1.165) is 27.7 Å². The number of para-hydroxylation sites is 2. The highest BCUT2D eigenvalue weighted by Gasteiger charge is 2.33. The average Bonchev–Trinajstić information content (AvgIpc) is 3.53. The zero-order valence-corrected chi connectivity index (χ0v) is 21.3. The predicted octanol–water partition coefficient (Wildman–Crippen LogP) is 4.38. The third kappa shape index (κ3) is 4.80. The molecule has 9 nitrogen and oxygen atoms in total. The fourth-order valence-corrected chi connectivity index (χ4v) is 5.46. The first-order valence-corrected chi connectivity index (χ1v) is 13.5. The fourth-order valence-electron chi connectivity index (χ4n) is 3.75. The number of aromatic nitrogens is 2. The maximum Gasteiger partial charge on any atom is 0.266 e. The van der Waals surface area contributed by atoms with Gasteiger partial charge in [0.15, 0.2) is 17.1 Å². The summed E-state index contributed by atoms with van der Waals surface area (Å²) in [6, 6.07) is 16.9. The van der Waals surface area contributed by atoms with Crippen LogP contribution in [0.4, 0.5) is 0 Å². The van der Waals surface area contributed by atoms with E-state index >= 15 is 0 Å². The molecule has 1 aliphatic rings. The number of thiocarbonyl (C=S) groups is 1. The van der Waals surface area contributed by atoms with Gasteiger partial charge in [-0.3, -0.25) is 14.2 Å². The van der Waals surface area contributed by atoms with Crippen LogP contribution in [0, 0.1) is 0 Å². The summed E-state index contributed by atoms with van der Waals surface area (Å²) < 4.78 is 44.8. The molecule has 2 aromatic carbocycles. The molecule has 5 rings (SSSR count). The van der Waals surface area contributed by atoms with Gasteiger partial charge >= 0.3 is 0 Å². The number of fused-ring (bicyclic) bond motifs is 1. The zero-order valence-electron chi connectivity index (χ0n) is 18.8. The number of carbonyl (C=O) groups is 1. The van der Waals surface area contributed by atoms with Crippen molar-refractivity contribution in [2.75, 3.05) is 19.4 Å². The van der Waals surface area contributed by atoms with Crippen LogP contribution in [0.3, 0.4) is 0 Å². The largest absolute Gasteiger partial charge is 0.493 e. The Hall–Kier alpha value is -3.45. The van der Waals surface area contributed by atoms with E-state index in [2.05, 4.69) is 0 Å². The Balaban J connectivity index is 1.58. The Labute approximate surface area is 216 Å². The van der Waals surface area contributed by atoms with Gasteiger partial charge in [0.2, 0.25) is 0 Å². The molecular weight excluding hydrogens is 522 g/mol. The number of nitrogens with zero attached hydrogens (tertiary/aromatic N) is 3. The summed E-state index contributed by atoms with van der Waals surface area (Å²) in [7, 11) is -2.68. The molecule has 0 atom stereocenters. The van der Waals surface area contributed by atoms with Gasteiger partial charge in [-0.25, -0.2) is 4.68 Å². The van der Waals surface area contributed by atoms with E-state index in [0.29, 0.717) is 33.3 Å². The number of hydrogen-bond donors (Lipinski definition) is 1. The van der Waals surface area contributed by atoms with Gasteiger partial charge in [-0.2, -0.15) is 13.5 Å². The van der Waals surface area contributed by atoms with Crippen LogP contribution in [0.15, 0.2) is 70.1 Å². The third-order valence-electron chi connectivity index (χ3n) is 5.46. The van der Waals surface area contributed by atoms with E-state index in [4.69, 9.17) is 31.0 Å². The smallest absolute Gasteiger partial charge is 0.266 e. The van der Waals surface area contributed by atoms with Crippen LogP contribution in [0.1, 0.15) is 5.56 Å². The zero-order chi connectivity index (χ0) is 25.4. The second-order valence-corrected chi connectivity index (χ2v) is 11.1. The third-order valence-corrected chi connectivity index (χ3v) is 7.53. The van der Waals surface area contributed by atoms with Crippen LogP contribution in [-0.2, 0) is 14.9 Å². The molecule has 184 valence electrons. The number of furan rings is 1. The van der Waals surface area contributed by atoms with Gasteiger partial charge in [0, 0.05) is 23.7 Å². The molecule has 36 heavy (non-hydrogen) atoms. The van der Waals surface area contributed by atoms with Crippen LogP contribution < -0.4 is 4.74 Å². The highest BCUT2D eigenvalue weighted by molar-refractivity contribution is 8.26. The summed E-state index contributed by atoms with van der Waals surface area (Å²) in [5.41, 5.74) is 2.49. The van der Waals surface area contributed by atoms with E-state index in [-0.39, 0.29) is 10.9 Å². The molecule has 0 radical (unpaired) electrons. The van der Waals surface area contributed by atoms with Crippen LogP contribution >= 0.6 is 24.0 Å². The van der Waals surface area contributed by atoms with Crippen LogP contribution in [0.2, 0.25) is 0 Å². The minimum absolute atomic E-state index is 0.209. The molecule has 12 heteroatoms. The minimum atomic E-state index is -4.24. The number of thioether (sulfide) groups is 1.